The van der Waals surface area contributed by atoms with Crippen LogP contribution in [0.25, 0.3) is 6.08 Å². The Hall–Kier alpha value is -2.84. The Morgan fingerprint density at radius 1 is 1.23 bits per heavy atom. The minimum absolute atomic E-state index is 0.254. The number of aliphatic imine (C=N–C) groups is 2. The summed E-state index contributed by atoms with van der Waals surface area (Å²) in [6.07, 6.45) is 6.15. The lowest BCUT2D eigenvalue weighted by molar-refractivity contribution is 0.107. The van der Waals surface area contributed by atoms with Gasteiger partial charge < -0.3 is 15.5 Å². The molecule has 1 aromatic rings. The summed E-state index contributed by atoms with van der Waals surface area (Å²) in [7, 11) is 2.12. The van der Waals surface area contributed by atoms with E-state index in [-0.39, 0.29) is 17.9 Å². The SMILES string of the molecule is CC/C(C)=C\C(=N)NC1=NC(N2CCN(C)CC2)NC(/C=C/c2ccc(F)cc2)=N1. The lowest BCUT2D eigenvalue weighted by atomic mass is 10.2. The molecule has 1 aromatic carbocycles. The first-order valence-corrected chi connectivity index (χ1v) is 10.2. The van der Waals surface area contributed by atoms with Crippen LogP contribution in [0.3, 0.4) is 0 Å². The van der Waals surface area contributed by atoms with Crippen LogP contribution in [0.1, 0.15) is 25.8 Å². The summed E-state index contributed by atoms with van der Waals surface area (Å²) in [6.45, 7) is 7.79. The third-order valence-electron chi connectivity index (χ3n) is 5.13. The number of rotatable bonds is 5. The number of nitrogens with zero attached hydrogens (tertiary/aromatic N) is 4. The molecule has 8 heteroatoms. The van der Waals surface area contributed by atoms with Gasteiger partial charge in [-0.1, -0.05) is 30.7 Å². The van der Waals surface area contributed by atoms with Crippen molar-refractivity contribution in [3.8, 4) is 0 Å². The van der Waals surface area contributed by atoms with Crippen molar-refractivity contribution in [1.29, 1.82) is 5.41 Å². The molecule has 0 spiro atoms. The largest absolute Gasteiger partial charge is 0.336 e. The Kier molecular flexibility index (Phi) is 7.48. The van der Waals surface area contributed by atoms with Gasteiger partial charge in [-0.3, -0.25) is 10.3 Å². The first-order chi connectivity index (χ1) is 14.4. The third-order valence-corrected chi connectivity index (χ3v) is 5.13. The molecule has 2 heterocycles. The molecule has 1 saturated heterocycles. The molecule has 0 aromatic heterocycles. The summed E-state index contributed by atoms with van der Waals surface area (Å²) in [5.74, 6) is 1.05. The molecule has 1 atom stereocenters. The minimum atomic E-state index is -0.261. The fourth-order valence-corrected chi connectivity index (χ4v) is 3.09. The topological polar surface area (TPSA) is 79.1 Å². The third kappa shape index (κ3) is 6.33. The molecule has 1 fully saturated rings. The van der Waals surface area contributed by atoms with E-state index in [1.807, 2.05) is 19.1 Å². The molecule has 7 nitrogen and oxygen atoms in total. The lowest BCUT2D eigenvalue weighted by Gasteiger charge is -2.37. The molecule has 160 valence electrons. The van der Waals surface area contributed by atoms with Crippen molar-refractivity contribution in [3.63, 3.8) is 0 Å². The van der Waals surface area contributed by atoms with Crippen LogP contribution < -0.4 is 10.6 Å². The minimum Gasteiger partial charge on any atom is -0.336 e. The highest BCUT2D eigenvalue weighted by Gasteiger charge is 2.25. The van der Waals surface area contributed by atoms with Gasteiger partial charge in [-0.05, 0) is 50.2 Å². The summed E-state index contributed by atoms with van der Waals surface area (Å²) in [4.78, 5) is 13.8. The second-order valence-corrected chi connectivity index (χ2v) is 7.57. The maximum Gasteiger partial charge on any atom is 0.228 e. The Morgan fingerprint density at radius 2 is 1.93 bits per heavy atom. The molecule has 0 saturated carbocycles. The first-order valence-electron chi connectivity index (χ1n) is 10.2. The van der Waals surface area contributed by atoms with E-state index in [0.717, 1.165) is 43.7 Å². The summed E-state index contributed by atoms with van der Waals surface area (Å²) in [5, 5.41) is 14.6. The molecule has 0 aliphatic carbocycles. The van der Waals surface area contributed by atoms with Crippen LogP contribution in [0.2, 0.25) is 0 Å². The van der Waals surface area contributed by atoms with Crippen LogP contribution >= 0.6 is 0 Å². The van der Waals surface area contributed by atoms with E-state index in [4.69, 9.17) is 5.41 Å². The van der Waals surface area contributed by atoms with Crippen molar-refractivity contribution in [3.05, 3.63) is 53.4 Å². The zero-order valence-corrected chi connectivity index (χ0v) is 17.8. The maximum atomic E-state index is 13.1. The van der Waals surface area contributed by atoms with Crippen LogP contribution in [0.5, 0.6) is 0 Å². The van der Waals surface area contributed by atoms with Gasteiger partial charge in [0.1, 0.15) is 17.5 Å². The monoisotopic (exact) mass is 411 g/mol. The van der Waals surface area contributed by atoms with Gasteiger partial charge >= 0.3 is 0 Å². The van der Waals surface area contributed by atoms with Crippen molar-refractivity contribution in [2.75, 3.05) is 33.2 Å². The highest BCUT2D eigenvalue weighted by molar-refractivity contribution is 6.11. The molecule has 1 unspecified atom stereocenters. The molecule has 0 amide bonds. The number of allylic oxidation sites excluding steroid dienone is 1. The number of piperazine rings is 1. The van der Waals surface area contributed by atoms with Gasteiger partial charge in [0, 0.05) is 26.2 Å². The molecule has 0 radical (unpaired) electrons. The van der Waals surface area contributed by atoms with E-state index in [1.165, 1.54) is 12.1 Å². The van der Waals surface area contributed by atoms with Crippen LogP contribution in [0, 0.1) is 11.2 Å². The van der Waals surface area contributed by atoms with Crippen LogP contribution in [-0.4, -0.2) is 66.9 Å². The predicted octanol–water partition coefficient (Wildman–Crippen LogP) is 2.65. The standard InChI is InChI=1S/C22H30FN7/c1-4-16(2)15-19(24)25-21-26-20(10-7-17-5-8-18(23)9-6-17)27-22(28-21)30-13-11-29(3)12-14-30/h5-10,15,22H,4,11-14H2,1-3H3,(H3,24,25,26,27,28)/b10-7+,16-15-. The second kappa shape index (κ2) is 10.3. The average Bonchev–Trinajstić information content (AvgIpc) is 2.73. The number of amidine groups is 2. The van der Waals surface area contributed by atoms with E-state index < -0.39 is 0 Å². The first kappa shape index (κ1) is 21.9. The van der Waals surface area contributed by atoms with E-state index in [0.29, 0.717) is 11.8 Å². The zero-order valence-electron chi connectivity index (χ0n) is 17.8. The normalized spacial score (nSPS) is 21.2. The molecule has 0 bridgehead atoms. The highest BCUT2D eigenvalue weighted by atomic mass is 19.1. The number of guanidine groups is 1. The van der Waals surface area contributed by atoms with Crippen LogP contribution in [0.4, 0.5) is 4.39 Å². The number of benzene rings is 1. The van der Waals surface area contributed by atoms with Crippen molar-refractivity contribution in [2.45, 2.75) is 26.6 Å². The van der Waals surface area contributed by atoms with Gasteiger partial charge in [-0.2, -0.15) is 4.99 Å². The van der Waals surface area contributed by atoms with Gasteiger partial charge in [0.05, 0.1) is 0 Å². The lowest BCUT2D eigenvalue weighted by Crippen LogP contribution is -2.56. The van der Waals surface area contributed by atoms with Crippen LogP contribution in [-0.2, 0) is 0 Å². The van der Waals surface area contributed by atoms with Gasteiger partial charge in [-0.15, -0.1) is 0 Å². The summed E-state index contributed by atoms with van der Waals surface area (Å²) in [6, 6.07) is 6.30. The highest BCUT2D eigenvalue weighted by Crippen LogP contribution is 2.10. The summed E-state index contributed by atoms with van der Waals surface area (Å²) >= 11 is 0. The smallest absolute Gasteiger partial charge is 0.228 e. The van der Waals surface area contributed by atoms with Crippen molar-refractivity contribution in [1.82, 2.24) is 20.4 Å². The Morgan fingerprint density at radius 3 is 2.60 bits per heavy atom. The molecule has 3 N–H and O–H groups in total. The van der Waals surface area contributed by atoms with E-state index in [1.54, 1.807) is 18.2 Å². The van der Waals surface area contributed by atoms with E-state index in [9.17, 15) is 4.39 Å². The summed E-state index contributed by atoms with van der Waals surface area (Å²) in [5.41, 5.74) is 1.99. The van der Waals surface area contributed by atoms with Gasteiger partial charge in [-0.25, -0.2) is 9.38 Å². The van der Waals surface area contributed by atoms with Gasteiger partial charge in [0.2, 0.25) is 5.96 Å². The molecular formula is C22H30FN7. The predicted molar refractivity (Wildman–Crippen MR) is 121 cm³/mol. The number of likely N-dealkylation sites (N-methyl/N-ethyl adjacent to an activating group) is 1. The van der Waals surface area contributed by atoms with Gasteiger partial charge in [0.15, 0.2) is 6.29 Å². The number of hydrogen-bond donors (Lipinski definition) is 3. The number of hydrogen-bond acceptors (Lipinski definition) is 6. The number of halogens is 1. The maximum absolute atomic E-state index is 13.1. The van der Waals surface area contributed by atoms with E-state index in [2.05, 4.69) is 44.4 Å². The average molecular weight is 412 g/mol. The van der Waals surface area contributed by atoms with Gasteiger partial charge in [0.25, 0.3) is 0 Å². The number of nitrogens with one attached hydrogen (secondary N) is 3. The molecule has 3 rings (SSSR count). The Labute approximate surface area is 177 Å². The van der Waals surface area contributed by atoms with Crippen molar-refractivity contribution >= 4 is 23.7 Å². The Bertz CT molecular complexity index is 862. The second-order valence-electron chi connectivity index (χ2n) is 7.57. The molecule has 2 aliphatic heterocycles. The molecule has 30 heavy (non-hydrogen) atoms. The van der Waals surface area contributed by atoms with Crippen molar-refractivity contribution in [2.24, 2.45) is 9.98 Å². The fraction of sp³-hybridized carbons (Fsp3) is 0.409. The summed E-state index contributed by atoms with van der Waals surface area (Å²) < 4.78 is 13.1. The fourth-order valence-electron chi connectivity index (χ4n) is 3.09. The van der Waals surface area contributed by atoms with E-state index >= 15 is 0 Å². The molecule has 2 aliphatic rings. The quantitative estimate of drug-likeness (QED) is 0.514. The molecular weight excluding hydrogens is 381 g/mol. The van der Waals surface area contributed by atoms with Crippen molar-refractivity contribution < 1.29 is 4.39 Å². The Balaban J connectivity index is 1.78. The van der Waals surface area contributed by atoms with Crippen LogP contribution in [0.15, 0.2) is 52.0 Å². The zero-order chi connectivity index (χ0) is 21.5.